The van der Waals surface area contributed by atoms with Crippen molar-refractivity contribution in [3.05, 3.63) is 29.3 Å². The summed E-state index contributed by atoms with van der Waals surface area (Å²) in [6.45, 7) is 9.23. The molecule has 0 spiro atoms. The quantitative estimate of drug-likeness (QED) is 0.795. The topological polar surface area (TPSA) is 83.6 Å². The van der Waals surface area contributed by atoms with Crippen LogP contribution >= 0.6 is 0 Å². The molecular weight excluding hydrogens is 352 g/mol. The Morgan fingerprint density at radius 2 is 1.77 bits per heavy atom. The third-order valence-electron chi connectivity index (χ3n) is 4.83. The third-order valence-corrected chi connectivity index (χ3v) is 6.58. The molecule has 1 aromatic carbocycles. The third kappa shape index (κ3) is 4.44. The van der Waals surface area contributed by atoms with Crippen LogP contribution in [0.15, 0.2) is 18.2 Å². The number of nitrogens with one attached hydrogen (secondary N) is 1. The molecule has 0 radical (unpaired) electrons. The highest BCUT2D eigenvalue weighted by Gasteiger charge is 2.43. The zero-order valence-corrected chi connectivity index (χ0v) is 16.9. The normalized spacial score (nSPS) is 19.2. The molecule has 2 amide bonds. The average Bonchev–Trinajstić information content (AvgIpc) is 2.86. The molecule has 0 aliphatic carbocycles. The maximum Gasteiger partial charge on any atom is 0.239 e. The smallest absolute Gasteiger partial charge is 0.239 e. The molecule has 1 heterocycles. The lowest BCUT2D eigenvalue weighted by molar-refractivity contribution is -0.147. The molecule has 2 rings (SSSR count). The second kappa shape index (κ2) is 7.39. The number of carbonyl (C=O) groups excluding carboxylic acids is 2. The van der Waals surface area contributed by atoms with E-state index < -0.39 is 21.2 Å². The minimum Gasteiger partial charge on any atom is -0.338 e. The first-order valence-corrected chi connectivity index (χ1v) is 10.7. The highest BCUT2D eigenvalue weighted by molar-refractivity contribution is 7.91. The Balaban J connectivity index is 2.18. The van der Waals surface area contributed by atoms with Crippen LogP contribution in [-0.4, -0.2) is 49.2 Å². The molecule has 1 saturated heterocycles. The van der Waals surface area contributed by atoms with Crippen LogP contribution in [0.2, 0.25) is 0 Å². The second-order valence-corrected chi connectivity index (χ2v) is 9.83. The van der Waals surface area contributed by atoms with Gasteiger partial charge in [0.25, 0.3) is 0 Å². The molecule has 1 N–H and O–H groups in total. The molecule has 1 atom stereocenters. The Hall–Kier alpha value is -1.89. The summed E-state index contributed by atoms with van der Waals surface area (Å²) in [6, 6.07) is 5.36. The molecule has 0 bridgehead atoms. The molecule has 0 aromatic heterocycles. The molecular formula is C19H28N2O4S. The molecule has 7 heteroatoms. The minimum absolute atomic E-state index is 0.0264. The van der Waals surface area contributed by atoms with E-state index in [1.54, 1.807) is 20.8 Å². The lowest BCUT2D eigenvalue weighted by atomic mass is 9.89. The molecule has 0 saturated carbocycles. The summed E-state index contributed by atoms with van der Waals surface area (Å²) < 4.78 is 23.5. The van der Waals surface area contributed by atoms with Gasteiger partial charge in [0.2, 0.25) is 11.8 Å². The number of rotatable bonds is 5. The average molecular weight is 381 g/mol. The van der Waals surface area contributed by atoms with Crippen LogP contribution in [0.4, 0.5) is 5.69 Å². The number of carbonyl (C=O) groups is 2. The van der Waals surface area contributed by atoms with Gasteiger partial charge in [-0.05, 0) is 64.3 Å². The zero-order chi connectivity index (χ0) is 19.7. The van der Waals surface area contributed by atoms with Crippen LogP contribution in [0.5, 0.6) is 0 Å². The van der Waals surface area contributed by atoms with E-state index in [4.69, 9.17) is 0 Å². The number of nitrogens with zero attached hydrogens (tertiary/aromatic N) is 1. The standard InChI is InChI=1S/C19H28N2O4S/c1-6-21(16-7-8-26(24,25)12-16)18(23)19(4,5)17(22)20-15-10-13(2)9-14(3)11-15/h9-11,16H,6-8,12H2,1-5H3,(H,20,22). The van der Waals surface area contributed by atoms with Gasteiger partial charge >= 0.3 is 0 Å². The van der Waals surface area contributed by atoms with Crippen molar-refractivity contribution in [1.29, 1.82) is 0 Å². The van der Waals surface area contributed by atoms with Gasteiger partial charge < -0.3 is 10.2 Å². The van der Waals surface area contributed by atoms with Gasteiger partial charge in [0, 0.05) is 18.3 Å². The highest BCUT2D eigenvalue weighted by atomic mass is 32.2. The van der Waals surface area contributed by atoms with Gasteiger partial charge in [0.1, 0.15) is 5.41 Å². The van der Waals surface area contributed by atoms with Crippen molar-refractivity contribution in [3.8, 4) is 0 Å². The first-order chi connectivity index (χ1) is 12.0. The predicted molar refractivity (Wildman–Crippen MR) is 103 cm³/mol. The van der Waals surface area contributed by atoms with Crippen molar-refractivity contribution < 1.29 is 18.0 Å². The van der Waals surface area contributed by atoms with Gasteiger partial charge in [-0.2, -0.15) is 0 Å². The number of hydrogen-bond donors (Lipinski definition) is 1. The SMILES string of the molecule is CCN(C(=O)C(C)(C)C(=O)Nc1cc(C)cc(C)c1)C1CCS(=O)(=O)C1. The fraction of sp³-hybridized carbons (Fsp3) is 0.579. The van der Waals surface area contributed by atoms with E-state index in [1.165, 1.54) is 4.90 Å². The molecule has 1 fully saturated rings. The first kappa shape index (κ1) is 20.4. The summed E-state index contributed by atoms with van der Waals surface area (Å²) in [5.41, 5.74) is 1.41. The summed E-state index contributed by atoms with van der Waals surface area (Å²) in [6.07, 6.45) is 0.427. The molecule has 26 heavy (non-hydrogen) atoms. The second-order valence-electron chi connectivity index (χ2n) is 7.60. The fourth-order valence-electron chi connectivity index (χ4n) is 3.38. The Morgan fingerprint density at radius 3 is 2.23 bits per heavy atom. The van der Waals surface area contributed by atoms with Crippen molar-refractivity contribution >= 4 is 27.3 Å². The number of amides is 2. The van der Waals surface area contributed by atoms with E-state index in [2.05, 4.69) is 5.32 Å². The van der Waals surface area contributed by atoms with Gasteiger partial charge in [0.05, 0.1) is 11.5 Å². The molecule has 1 aliphatic rings. The first-order valence-electron chi connectivity index (χ1n) is 8.87. The molecule has 1 unspecified atom stereocenters. The maximum atomic E-state index is 13.0. The Bertz CT molecular complexity index is 795. The van der Waals surface area contributed by atoms with E-state index in [-0.39, 0.29) is 23.5 Å². The predicted octanol–water partition coefficient (Wildman–Crippen LogP) is 2.30. The van der Waals surface area contributed by atoms with E-state index in [1.807, 2.05) is 32.0 Å². The summed E-state index contributed by atoms with van der Waals surface area (Å²) in [5.74, 6) is -0.673. The van der Waals surface area contributed by atoms with E-state index in [9.17, 15) is 18.0 Å². The monoisotopic (exact) mass is 380 g/mol. The van der Waals surface area contributed by atoms with Crippen molar-refractivity contribution in [2.24, 2.45) is 5.41 Å². The largest absolute Gasteiger partial charge is 0.338 e. The van der Waals surface area contributed by atoms with E-state index in [0.29, 0.717) is 18.7 Å². The fourth-order valence-corrected chi connectivity index (χ4v) is 5.11. The Morgan fingerprint density at radius 1 is 1.19 bits per heavy atom. The highest BCUT2D eigenvalue weighted by Crippen LogP contribution is 2.27. The van der Waals surface area contributed by atoms with E-state index >= 15 is 0 Å². The number of benzene rings is 1. The summed E-state index contributed by atoms with van der Waals surface area (Å²) in [4.78, 5) is 27.3. The molecule has 6 nitrogen and oxygen atoms in total. The van der Waals surface area contributed by atoms with Crippen molar-refractivity contribution in [1.82, 2.24) is 4.90 Å². The van der Waals surface area contributed by atoms with Crippen molar-refractivity contribution in [2.75, 3.05) is 23.4 Å². The maximum absolute atomic E-state index is 13.0. The lowest BCUT2D eigenvalue weighted by Gasteiger charge is -2.34. The molecule has 1 aromatic rings. The van der Waals surface area contributed by atoms with Crippen LogP contribution in [0, 0.1) is 19.3 Å². The van der Waals surface area contributed by atoms with Gasteiger partial charge in [0.15, 0.2) is 9.84 Å². The molecule has 144 valence electrons. The van der Waals surface area contributed by atoms with Crippen LogP contribution in [-0.2, 0) is 19.4 Å². The summed E-state index contributed by atoms with van der Waals surface area (Å²) >= 11 is 0. The number of anilines is 1. The number of hydrogen-bond acceptors (Lipinski definition) is 4. The van der Waals surface area contributed by atoms with Gasteiger partial charge in [-0.15, -0.1) is 0 Å². The van der Waals surface area contributed by atoms with Crippen LogP contribution < -0.4 is 5.32 Å². The Labute approximate surface area is 155 Å². The lowest BCUT2D eigenvalue weighted by Crippen LogP contribution is -2.51. The van der Waals surface area contributed by atoms with E-state index in [0.717, 1.165) is 11.1 Å². The number of sulfone groups is 1. The number of aryl methyl sites for hydroxylation is 2. The van der Waals surface area contributed by atoms with Gasteiger partial charge in [-0.3, -0.25) is 9.59 Å². The summed E-state index contributed by atoms with van der Waals surface area (Å²) in [7, 11) is -3.10. The zero-order valence-electron chi connectivity index (χ0n) is 16.1. The molecule has 1 aliphatic heterocycles. The van der Waals surface area contributed by atoms with Crippen LogP contribution in [0.1, 0.15) is 38.3 Å². The minimum atomic E-state index is -3.10. The van der Waals surface area contributed by atoms with Crippen molar-refractivity contribution in [2.45, 2.75) is 47.1 Å². The van der Waals surface area contributed by atoms with Gasteiger partial charge in [-0.1, -0.05) is 6.07 Å². The van der Waals surface area contributed by atoms with Gasteiger partial charge in [-0.25, -0.2) is 8.42 Å². The summed E-state index contributed by atoms with van der Waals surface area (Å²) in [5, 5.41) is 2.83. The Kier molecular flexibility index (Phi) is 5.80. The van der Waals surface area contributed by atoms with Crippen molar-refractivity contribution in [3.63, 3.8) is 0 Å². The van der Waals surface area contributed by atoms with Crippen LogP contribution in [0.3, 0.4) is 0 Å². The van der Waals surface area contributed by atoms with Crippen LogP contribution in [0.25, 0.3) is 0 Å².